The topological polar surface area (TPSA) is 72.3 Å². The molecule has 18 heavy (non-hydrogen) atoms. The van der Waals surface area contributed by atoms with E-state index in [0.717, 1.165) is 0 Å². The van der Waals surface area contributed by atoms with Gasteiger partial charge < -0.3 is 9.84 Å². The summed E-state index contributed by atoms with van der Waals surface area (Å²) in [5, 5.41) is 9.33. The Hall–Kier alpha value is -1.85. The molecule has 0 aliphatic heterocycles. The van der Waals surface area contributed by atoms with Crippen LogP contribution in [0.15, 0.2) is 30.6 Å². The van der Waals surface area contributed by atoms with Crippen molar-refractivity contribution in [2.45, 2.75) is 0 Å². The second-order valence-corrected chi connectivity index (χ2v) is 4.08. The van der Waals surface area contributed by atoms with E-state index in [1.54, 1.807) is 0 Å². The monoisotopic (exact) mass is 284 g/mol. The molecule has 92 valence electrons. The van der Waals surface area contributed by atoms with Crippen molar-refractivity contribution in [3.63, 3.8) is 0 Å². The molecule has 0 bridgehead atoms. The van der Waals surface area contributed by atoms with E-state index in [9.17, 15) is 4.79 Å². The third-order valence-corrected chi connectivity index (χ3v) is 2.47. The van der Waals surface area contributed by atoms with Crippen LogP contribution in [0.25, 0.3) is 0 Å². The maximum Gasteiger partial charge on any atom is 0.335 e. The van der Waals surface area contributed by atoms with Gasteiger partial charge in [-0.15, -0.1) is 0 Å². The van der Waals surface area contributed by atoms with Gasteiger partial charge in [0.15, 0.2) is 0 Å². The number of aromatic carboxylic acids is 1. The maximum absolute atomic E-state index is 10.7. The number of hydrogen-bond acceptors (Lipinski definition) is 4. The molecular formula is C11H6Cl2N2O3. The van der Waals surface area contributed by atoms with Crippen LogP contribution >= 0.6 is 23.2 Å². The highest BCUT2D eigenvalue weighted by Gasteiger charge is 2.09. The van der Waals surface area contributed by atoms with Crippen molar-refractivity contribution in [1.29, 1.82) is 0 Å². The minimum absolute atomic E-state index is 0.0735. The van der Waals surface area contributed by atoms with Crippen LogP contribution in [0, 0.1) is 0 Å². The molecule has 0 amide bonds. The zero-order valence-corrected chi connectivity index (χ0v) is 10.3. The molecule has 0 radical (unpaired) electrons. The fourth-order valence-corrected chi connectivity index (χ4v) is 1.48. The first kappa shape index (κ1) is 12.6. The average molecular weight is 285 g/mol. The SMILES string of the molecule is O=C(O)c1ccc(Oc2ncc(Cl)cn2)c(Cl)c1. The number of halogens is 2. The first-order valence-corrected chi connectivity index (χ1v) is 5.50. The van der Waals surface area contributed by atoms with Gasteiger partial charge in [0.25, 0.3) is 0 Å². The Morgan fingerprint density at radius 3 is 2.44 bits per heavy atom. The number of benzene rings is 1. The van der Waals surface area contributed by atoms with Crippen molar-refractivity contribution in [3.05, 3.63) is 46.2 Å². The van der Waals surface area contributed by atoms with E-state index in [4.69, 9.17) is 33.0 Å². The summed E-state index contributed by atoms with van der Waals surface area (Å²) in [6.07, 6.45) is 2.76. The third-order valence-electron chi connectivity index (χ3n) is 1.98. The second-order valence-electron chi connectivity index (χ2n) is 3.24. The van der Waals surface area contributed by atoms with Gasteiger partial charge in [-0.25, -0.2) is 14.8 Å². The van der Waals surface area contributed by atoms with Crippen LogP contribution in [0.1, 0.15) is 10.4 Å². The van der Waals surface area contributed by atoms with Crippen molar-refractivity contribution in [3.8, 4) is 11.8 Å². The molecule has 0 aliphatic rings. The predicted molar refractivity (Wildman–Crippen MR) is 65.5 cm³/mol. The van der Waals surface area contributed by atoms with Crippen LogP contribution < -0.4 is 4.74 Å². The molecule has 1 N–H and O–H groups in total. The summed E-state index contributed by atoms with van der Waals surface area (Å²) < 4.78 is 5.29. The van der Waals surface area contributed by atoms with Crippen LogP contribution in [0.4, 0.5) is 0 Å². The molecule has 0 saturated heterocycles. The normalized spacial score (nSPS) is 10.1. The number of aromatic nitrogens is 2. The van der Waals surface area contributed by atoms with Crippen molar-refractivity contribution < 1.29 is 14.6 Å². The first-order valence-electron chi connectivity index (χ1n) is 4.74. The number of carbonyl (C=O) groups is 1. The Labute approximate surface area is 112 Å². The van der Waals surface area contributed by atoms with Crippen molar-refractivity contribution >= 4 is 29.2 Å². The summed E-state index contributed by atoms with van der Waals surface area (Å²) >= 11 is 11.5. The number of rotatable bonds is 3. The van der Waals surface area contributed by atoms with Gasteiger partial charge in [0.2, 0.25) is 0 Å². The molecule has 0 unspecified atom stereocenters. The molecule has 1 aromatic heterocycles. The molecule has 5 nitrogen and oxygen atoms in total. The molecule has 0 atom stereocenters. The fraction of sp³-hybridized carbons (Fsp3) is 0. The van der Waals surface area contributed by atoms with E-state index in [1.807, 2.05) is 0 Å². The molecule has 0 aliphatic carbocycles. The summed E-state index contributed by atoms with van der Waals surface area (Å²) in [5.41, 5.74) is 0.0735. The molecule has 7 heteroatoms. The largest absolute Gasteiger partial charge is 0.478 e. The predicted octanol–water partition coefficient (Wildman–Crippen LogP) is 3.27. The highest BCUT2D eigenvalue weighted by Crippen LogP contribution is 2.28. The zero-order valence-electron chi connectivity index (χ0n) is 8.80. The Balaban J connectivity index is 2.24. The molecule has 2 aromatic rings. The third kappa shape index (κ3) is 2.88. The molecule has 2 rings (SSSR count). The lowest BCUT2D eigenvalue weighted by atomic mass is 10.2. The van der Waals surface area contributed by atoms with E-state index < -0.39 is 5.97 Å². The number of carboxylic acid groups (broad SMARTS) is 1. The van der Waals surface area contributed by atoms with Crippen molar-refractivity contribution in [1.82, 2.24) is 9.97 Å². The van der Waals surface area contributed by atoms with Gasteiger partial charge in [-0.2, -0.15) is 0 Å². The lowest BCUT2D eigenvalue weighted by molar-refractivity contribution is 0.0697. The molecule has 1 aromatic carbocycles. The molecule has 0 spiro atoms. The minimum atomic E-state index is -1.06. The highest BCUT2D eigenvalue weighted by molar-refractivity contribution is 6.32. The van der Waals surface area contributed by atoms with Crippen molar-refractivity contribution in [2.75, 3.05) is 0 Å². The van der Waals surface area contributed by atoms with Gasteiger partial charge >= 0.3 is 12.0 Å². The van der Waals surface area contributed by atoms with Gasteiger partial charge in [-0.3, -0.25) is 0 Å². The lowest BCUT2D eigenvalue weighted by Crippen LogP contribution is -1.97. The summed E-state index contributed by atoms with van der Waals surface area (Å²) in [7, 11) is 0. The van der Waals surface area contributed by atoms with Gasteiger partial charge in [0, 0.05) is 0 Å². The smallest absolute Gasteiger partial charge is 0.335 e. The van der Waals surface area contributed by atoms with Crippen LogP contribution in [-0.2, 0) is 0 Å². The minimum Gasteiger partial charge on any atom is -0.478 e. The zero-order chi connectivity index (χ0) is 13.1. The number of nitrogens with zero attached hydrogens (tertiary/aromatic N) is 2. The number of hydrogen-bond donors (Lipinski definition) is 1. The second kappa shape index (κ2) is 5.20. The average Bonchev–Trinajstić information content (AvgIpc) is 2.34. The fourth-order valence-electron chi connectivity index (χ4n) is 1.17. The summed E-state index contributed by atoms with van der Waals surface area (Å²) in [6, 6.07) is 4.17. The quantitative estimate of drug-likeness (QED) is 0.936. The Morgan fingerprint density at radius 1 is 1.22 bits per heavy atom. The summed E-state index contributed by atoms with van der Waals surface area (Å²) in [4.78, 5) is 18.4. The van der Waals surface area contributed by atoms with E-state index in [-0.39, 0.29) is 22.3 Å². The van der Waals surface area contributed by atoms with Crippen LogP contribution in [0.2, 0.25) is 10.0 Å². The van der Waals surface area contributed by atoms with Gasteiger partial charge in [-0.05, 0) is 18.2 Å². The van der Waals surface area contributed by atoms with Crippen LogP contribution in [0.3, 0.4) is 0 Å². The van der Waals surface area contributed by atoms with E-state index in [0.29, 0.717) is 5.02 Å². The Bertz CT molecular complexity index is 587. The van der Waals surface area contributed by atoms with Gasteiger partial charge in [-0.1, -0.05) is 23.2 Å². The Morgan fingerprint density at radius 2 is 1.89 bits per heavy atom. The molecule has 0 saturated carbocycles. The number of carboxylic acids is 1. The maximum atomic E-state index is 10.7. The lowest BCUT2D eigenvalue weighted by Gasteiger charge is -2.06. The van der Waals surface area contributed by atoms with E-state index >= 15 is 0 Å². The van der Waals surface area contributed by atoms with E-state index in [2.05, 4.69) is 9.97 Å². The first-order chi connectivity index (χ1) is 8.56. The van der Waals surface area contributed by atoms with Gasteiger partial charge in [0.05, 0.1) is 28.0 Å². The Kier molecular flexibility index (Phi) is 3.64. The molecular weight excluding hydrogens is 279 g/mol. The standard InChI is InChI=1S/C11H6Cl2N2O3/c12-7-4-14-11(15-5-7)18-9-2-1-6(10(16)17)3-8(9)13/h1-5H,(H,16,17). The highest BCUT2D eigenvalue weighted by atomic mass is 35.5. The summed E-state index contributed by atoms with van der Waals surface area (Å²) in [6.45, 7) is 0. The molecule has 1 heterocycles. The number of ether oxygens (including phenoxy) is 1. The van der Waals surface area contributed by atoms with Gasteiger partial charge in [0.1, 0.15) is 5.75 Å². The van der Waals surface area contributed by atoms with Crippen LogP contribution in [-0.4, -0.2) is 21.0 Å². The van der Waals surface area contributed by atoms with Crippen LogP contribution in [0.5, 0.6) is 11.8 Å². The van der Waals surface area contributed by atoms with Crippen molar-refractivity contribution in [2.24, 2.45) is 0 Å². The van der Waals surface area contributed by atoms with E-state index in [1.165, 1.54) is 30.6 Å². The summed E-state index contributed by atoms with van der Waals surface area (Å²) in [5.74, 6) is -0.796. The molecule has 0 fully saturated rings.